The zero-order valence-corrected chi connectivity index (χ0v) is 15.4. The van der Waals surface area contributed by atoms with Crippen molar-refractivity contribution in [2.24, 2.45) is 4.99 Å². The van der Waals surface area contributed by atoms with E-state index in [1.54, 1.807) is 4.90 Å². The average Bonchev–Trinajstić information content (AvgIpc) is 3.10. The van der Waals surface area contributed by atoms with Crippen molar-refractivity contribution in [3.8, 4) is 0 Å². The maximum Gasteiger partial charge on any atom is 0.410 e. The summed E-state index contributed by atoms with van der Waals surface area (Å²) in [5, 5.41) is 5.69. The molecule has 0 aromatic heterocycles. The summed E-state index contributed by atoms with van der Waals surface area (Å²) in [4.78, 5) is 44.8. The summed E-state index contributed by atoms with van der Waals surface area (Å²) in [5.74, 6) is 0.542. The average molecular weight is 366 g/mol. The molecule has 10 heteroatoms. The van der Waals surface area contributed by atoms with Crippen LogP contribution >= 0.6 is 0 Å². The number of nitrogens with zero attached hydrogens (tertiary/aromatic N) is 4. The number of hydrogen-bond donors (Lipinski definition) is 2. The zero-order chi connectivity index (χ0) is 18.9. The van der Waals surface area contributed by atoms with E-state index in [0.29, 0.717) is 39.3 Å². The van der Waals surface area contributed by atoms with Crippen LogP contribution in [0.5, 0.6) is 0 Å². The Morgan fingerprint density at radius 3 is 2.77 bits per heavy atom. The summed E-state index contributed by atoms with van der Waals surface area (Å²) < 4.78 is 5.43. The molecule has 0 saturated carbocycles. The summed E-state index contributed by atoms with van der Waals surface area (Å²) in [5.41, 5.74) is -0.508. The van der Waals surface area contributed by atoms with E-state index in [9.17, 15) is 14.4 Å². The van der Waals surface area contributed by atoms with Gasteiger partial charge in [0.2, 0.25) is 5.91 Å². The highest BCUT2D eigenvalue weighted by Gasteiger charge is 2.36. The Labute approximate surface area is 152 Å². The molecular formula is C16H26N6O4. The highest BCUT2D eigenvalue weighted by Crippen LogP contribution is 2.18. The molecule has 144 valence electrons. The molecule has 2 saturated heterocycles. The number of rotatable bonds is 3. The number of guanidine groups is 1. The maximum atomic E-state index is 12.2. The van der Waals surface area contributed by atoms with Gasteiger partial charge >= 0.3 is 12.1 Å². The molecule has 2 fully saturated rings. The fourth-order valence-corrected chi connectivity index (χ4v) is 3.18. The van der Waals surface area contributed by atoms with E-state index in [4.69, 9.17) is 4.74 Å². The van der Waals surface area contributed by atoms with Gasteiger partial charge in [-0.25, -0.2) is 9.59 Å². The van der Waals surface area contributed by atoms with Crippen LogP contribution in [0.25, 0.3) is 0 Å². The number of imide groups is 1. The first-order valence-electron chi connectivity index (χ1n) is 8.86. The number of aliphatic imine (C=N–C) groups is 1. The number of nitrogens with one attached hydrogen (secondary N) is 2. The van der Waals surface area contributed by atoms with Crippen LogP contribution in [0, 0.1) is 0 Å². The van der Waals surface area contributed by atoms with Crippen LogP contribution in [-0.4, -0.2) is 96.1 Å². The normalized spacial score (nSPS) is 23.0. The van der Waals surface area contributed by atoms with Crippen molar-refractivity contribution in [3.63, 3.8) is 0 Å². The van der Waals surface area contributed by atoms with Gasteiger partial charge in [0.1, 0.15) is 5.60 Å². The lowest BCUT2D eigenvalue weighted by molar-refractivity contribution is -0.124. The molecule has 4 amide bonds. The molecule has 0 aromatic rings. The van der Waals surface area contributed by atoms with Gasteiger partial charge in [0.15, 0.2) is 5.96 Å². The Morgan fingerprint density at radius 1 is 1.35 bits per heavy atom. The molecule has 0 aromatic carbocycles. The van der Waals surface area contributed by atoms with E-state index >= 15 is 0 Å². The lowest BCUT2D eigenvalue weighted by Gasteiger charge is -2.39. The molecule has 0 radical (unpaired) electrons. The molecule has 0 bridgehead atoms. The van der Waals surface area contributed by atoms with Crippen molar-refractivity contribution < 1.29 is 19.1 Å². The molecule has 3 aliphatic rings. The molecule has 1 atom stereocenters. The fourth-order valence-electron chi connectivity index (χ4n) is 3.18. The van der Waals surface area contributed by atoms with E-state index in [-0.39, 0.29) is 30.6 Å². The molecule has 3 rings (SSSR count). The molecule has 3 aliphatic heterocycles. The van der Waals surface area contributed by atoms with Crippen LogP contribution in [0.2, 0.25) is 0 Å². The van der Waals surface area contributed by atoms with Crippen molar-refractivity contribution in [1.29, 1.82) is 0 Å². The molecule has 0 spiro atoms. The third-order valence-corrected chi connectivity index (χ3v) is 4.41. The van der Waals surface area contributed by atoms with Crippen LogP contribution in [0.3, 0.4) is 0 Å². The fraction of sp³-hybridized carbons (Fsp3) is 0.750. The van der Waals surface area contributed by atoms with Gasteiger partial charge in [-0.3, -0.25) is 14.7 Å². The third kappa shape index (κ3) is 4.00. The number of hydrogen-bond acceptors (Lipinski definition) is 7. The number of urea groups is 1. The molecular weight excluding hydrogens is 340 g/mol. The van der Waals surface area contributed by atoms with Crippen LogP contribution in [0.4, 0.5) is 9.59 Å². The van der Waals surface area contributed by atoms with E-state index in [0.717, 1.165) is 5.96 Å². The summed E-state index contributed by atoms with van der Waals surface area (Å²) in [6, 6.07) is -0.232. The minimum Gasteiger partial charge on any atom is -0.444 e. The van der Waals surface area contributed by atoms with E-state index in [1.807, 2.05) is 20.8 Å². The molecule has 0 aliphatic carbocycles. The Kier molecular flexibility index (Phi) is 4.92. The van der Waals surface area contributed by atoms with Crippen molar-refractivity contribution in [3.05, 3.63) is 0 Å². The predicted octanol–water partition coefficient (Wildman–Crippen LogP) is -0.581. The Bertz CT molecular complexity index is 613. The van der Waals surface area contributed by atoms with Crippen molar-refractivity contribution in [1.82, 2.24) is 25.3 Å². The van der Waals surface area contributed by atoms with Gasteiger partial charge in [-0.05, 0) is 20.8 Å². The zero-order valence-electron chi connectivity index (χ0n) is 15.4. The Balaban J connectivity index is 1.46. The highest BCUT2D eigenvalue weighted by molar-refractivity contribution is 6.01. The van der Waals surface area contributed by atoms with Crippen LogP contribution in [0.1, 0.15) is 20.8 Å². The molecule has 26 heavy (non-hydrogen) atoms. The smallest absolute Gasteiger partial charge is 0.410 e. The predicted molar refractivity (Wildman–Crippen MR) is 93.7 cm³/mol. The van der Waals surface area contributed by atoms with Gasteiger partial charge in [0.25, 0.3) is 0 Å². The van der Waals surface area contributed by atoms with Gasteiger partial charge < -0.3 is 25.2 Å². The summed E-state index contributed by atoms with van der Waals surface area (Å²) in [7, 11) is 0. The number of fused-ring (bicyclic) bond motifs is 1. The van der Waals surface area contributed by atoms with E-state index in [2.05, 4.69) is 20.5 Å². The van der Waals surface area contributed by atoms with Crippen molar-refractivity contribution in [2.75, 3.05) is 45.8 Å². The van der Waals surface area contributed by atoms with Gasteiger partial charge in [0.05, 0.1) is 19.1 Å². The minimum absolute atomic E-state index is 0.0640. The second kappa shape index (κ2) is 7.00. The number of amides is 4. The van der Waals surface area contributed by atoms with Crippen molar-refractivity contribution >= 4 is 24.0 Å². The third-order valence-electron chi connectivity index (χ3n) is 4.41. The lowest BCUT2D eigenvalue weighted by Crippen LogP contribution is -2.58. The summed E-state index contributed by atoms with van der Waals surface area (Å²) in [6.45, 7) is 8.77. The molecule has 10 nitrogen and oxygen atoms in total. The van der Waals surface area contributed by atoms with Gasteiger partial charge in [-0.2, -0.15) is 0 Å². The first-order valence-corrected chi connectivity index (χ1v) is 8.86. The summed E-state index contributed by atoms with van der Waals surface area (Å²) in [6.07, 6.45) is -0.294. The first-order chi connectivity index (χ1) is 12.2. The van der Waals surface area contributed by atoms with Gasteiger partial charge in [-0.15, -0.1) is 0 Å². The Hall–Kier alpha value is -2.52. The number of ether oxygens (including phenoxy) is 1. The summed E-state index contributed by atoms with van der Waals surface area (Å²) >= 11 is 0. The monoisotopic (exact) mass is 366 g/mol. The maximum absolute atomic E-state index is 12.2. The Morgan fingerprint density at radius 2 is 2.12 bits per heavy atom. The topological polar surface area (TPSA) is 107 Å². The molecule has 2 N–H and O–H groups in total. The first kappa shape index (κ1) is 18.3. The number of piperazine rings is 1. The number of carbonyl (C=O) groups excluding carboxylic acids is 3. The van der Waals surface area contributed by atoms with Crippen LogP contribution in [0.15, 0.2) is 4.99 Å². The van der Waals surface area contributed by atoms with Crippen LogP contribution in [-0.2, 0) is 9.53 Å². The standard InChI is InChI=1S/C16H26N6O4/c1-16(2,3)26-15(25)20-6-7-21-11(10-20)8-18-13(21)17-4-5-22-12(23)9-19-14(22)24/h11H,4-10H2,1-3H3,(H,17,18)(H,19,24). The molecule has 1 unspecified atom stereocenters. The quantitative estimate of drug-likeness (QED) is 0.647. The van der Waals surface area contributed by atoms with E-state index in [1.165, 1.54) is 4.90 Å². The van der Waals surface area contributed by atoms with Crippen LogP contribution < -0.4 is 10.6 Å². The second-order valence-corrected chi connectivity index (χ2v) is 7.57. The van der Waals surface area contributed by atoms with Crippen molar-refractivity contribution in [2.45, 2.75) is 32.4 Å². The van der Waals surface area contributed by atoms with Gasteiger partial charge in [0, 0.05) is 32.7 Å². The SMILES string of the molecule is CC(C)(C)OC(=O)N1CCN2C(NCCN3C(=O)CNC3=O)=NCC2C1. The van der Waals surface area contributed by atoms with E-state index < -0.39 is 5.60 Å². The van der Waals surface area contributed by atoms with Gasteiger partial charge in [-0.1, -0.05) is 0 Å². The lowest BCUT2D eigenvalue weighted by atomic mass is 10.2. The largest absolute Gasteiger partial charge is 0.444 e. The molecule has 3 heterocycles. The second-order valence-electron chi connectivity index (χ2n) is 7.57. The number of carbonyl (C=O) groups is 3. The highest BCUT2D eigenvalue weighted by atomic mass is 16.6. The minimum atomic E-state index is -0.508.